The summed E-state index contributed by atoms with van der Waals surface area (Å²) in [4.78, 5) is 10.7. The number of hydrogen-bond acceptors (Lipinski definition) is 6. The first-order valence-electron chi connectivity index (χ1n) is 7.85. The first-order valence-corrected chi connectivity index (χ1v) is 7.85. The Balaban J connectivity index is 1.64. The Labute approximate surface area is 135 Å². The van der Waals surface area contributed by atoms with Crippen LogP contribution >= 0.6 is 0 Å². The quantitative estimate of drug-likeness (QED) is 0.913. The highest BCUT2D eigenvalue weighted by Crippen LogP contribution is 2.23. The molecule has 3 heterocycles. The molecule has 0 saturated carbocycles. The third-order valence-corrected chi connectivity index (χ3v) is 4.11. The Hall–Kier alpha value is -2.02. The number of rotatable bonds is 5. The lowest BCUT2D eigenvalue weighted by Gasteiger charge is -2.23. The van der Waals surface area contributed by atoms with Gasteiger partial charge < -0.3 is 9.84 Å². The van der Waals surface area contributed by atoms with Crippen LogP contribution in [-0.2, 0) is 6.54 Å². The highest BCUT2D eigenvalue weighted by molar-refractivity contribution is 5.42. The maximum Gasteiger partial charge on any atom is 0.150 e. The number of likely N-dealkylation sites (tertiary alicyclic amines) is 1. The summed E-state index contributed by atoms with van der Waals surface area (Å²) in [6.07, 6.45) is 1.51. The van der Waals surface area contributed by atoms with Gasteiger partial charge in [0.05, 0.1) is 12.2 Å². The average Bonchev–Trinajstić information content (AvgIpc) is 3.06. The molecule has 0 radical (unpaired) electrons. The van der Waals surface area contributed by atoms with Gasteiger partial charge in [0.15, 0.2) is 5.76 Å². The molecule has 0 amide bonds. The number of aryl methyl sites for hydroxylation is 3. The maximum atomic E-state index is 13.9. The summed E-state index contributed by atoms with van der Waals surface area (Å²) < 4.78 is 19.1. The van der Waals surface area contributed by atoms with Gasteiger partial charge in [-0.1, -0.05) is 5.16 Å². The smallest absolute Gasteiger partial charge is 0.150 e. The summed E-state index contributed by atoms with van der Waals surface area (Å²) >= 11 is 0. The Kier molecular flexibility index (Phi) is 4.56. The maximum absolute atomic E-state index is 13.9. The molecule has 0 aliphatic carbocycles. The van der Waals surface area contributed by atoms with E-state index in [2.05, 4.69) is 25.3 Å². The van der Waals surface area contributed by atoms with E-state index in [9.17, 15) is 4.39 Å². The predicted octanol–water partition coefficient (Wildman–Crippen LogP) is 2.41. The highest BCUT2D eigenvalue weighted by atomic mass is 19.1. The molecule has 1 aliphatic heterocycles. The van der Waals surface area contributed by atoms with Crippen molar-refractivity contribution >= 4 is 5.82 Å². The van der Waals surface area contributed by atoms with Crippen LogP contribution in [-0.4, -0.2) is 45.3 Å². The zero-order valence-electron chi connectivity index (χ0n) is 13.7. The van der Waals surface area contributed by atoms with E-state index in [4.69, 9.17) is 4.52 Å². The van der Waals surface area contributed by atoms with E-state index < -0.39 is 6.17 Å². The number of nitrogens with zero attached hydrogens (tertiary/aromatic N) is 4. The summed E-state index contributed by atoms with van der Waals surface area (Å²) in [5.74, 6) is 2.31. The lowest BCUT2D eigenvalue weighted by Crippen LogP contribution is -2.34. The topological polar surface area (TPSA) is 67.1 Å². The van der Waals surface area contributed by atoms with Gasteiger partial charge in [-0.15, -0.1) is 0 Å². The van der Waals surface area contributed by atoms with Crippen molar-refractivity contribution in [1.29, 1.82) is 0 Å². The first-order chi connectivity index (χ1) is 11.0. The lowest BCUT2D eigenvalue weighted by molar-refractivity contribution is 0.212. The molecule has 2 aromatic rings. The van der Waals surface area contributed by atoms with Crippen LogP contribution in [0.3, 0.4) is 0 Å². The molecule has 6 nitrogen and oxygen atoms in total. The van der Waals surface area contributed by atoms with Gasteiger partial charge in [-0.05, 0) is 27.2 Å². The second kappa shape index (κ2) is 6.62. The van der Waals surface area contributed by atoms with Crippen LogP contribution in [0.4, 0.5) is 10.2 Å². The van der Waals surface area contributed by atoms with Crippen LogP contribution in [0.1, 0.15) is 29.3 Å². The summed E-state index contributed by atoms with van der Waals surface area (Å²) in [5.41, 5.74) is 1.83. The number of alkyl halides is 1. The van der Waals surface area contributed by atoms with Crippen LogP contribution in [0, 0.1) is 20.8 Å². The lowest BCUT2D eigenvalue weighted by atomic mass is 10.2. The van der Waals surface area contributed by atoms with Crippen molar-refractivity contribution in [2.24, 2.45) is 0 Å². The predicted molar refractivity (Wildman–Crippen MR) is 84.9 cm³/mol. The third kappa shape index (κ3) is 3.85. The molecule has 0 aromatic carbocycles. The Morgan fingerprint density at radius 1 is 1.39 bits per heavy atom. The Morgan fingerprint density at radius 3 is 2.96 bits per heavy atom. The fraction of sp³-hybridized carbons (Fsp3) is 0.562. The molecule has 0 bridgehead atoms. The van der Waals surface area contributed by atoms with E-state index >= 15 is 0 Å². The van der Waals surface area contributed by atoms with E-state index in [1.165, 1.54) is 0 Å². The van der Waals surface area contributed by atoms with Gasteiger partial charge in [-0.2, -0.15) is 0 Å². The van der Waals surface area contributed by atoms with Crippen molar-refractivity contribution in [1.82, 2.24) is 20.0 Å². The minimum atomic E-state index is -0.806. The zero-order chi connectivity index (χ0) is 16.4. The van der Waals surface area contributed by atoms with E-state index in [-0.39, 0.29) is 6.04 Å². The summed E-state index contributed by atoms with van der Waals surface area (Å²) in [7, 11) is 0. The normalized spacial score (nSPS) is 21.7. The second-order valence-corrected chi connectivity index (χ2v) is 6.18. The van der Waals surface area contributed by atoms with Gasteiger partial charge in [0, 0.05) is 37.0 Å². The van der Waals surface area contributed by atoms with Crippen molar-refractivity contribution in [3.05, 3.63) is 35.1 Å². The van der Waals surface area contributed by atoms with Crippen molar-refractivity contribution in [2.75, 3.05) is 18.4 Å². The third-order valence-electron chi connectivity index (χ3n) is 4.11. The van der Waals surface area contributed by atoms with Gasteiger partial charge in [0.25, 0.3) is 0 Å². The van der Waals surface area contributed by atoms with Crippen molar-refractivity contribution in [3.63, 3.8) is 0 Å². The molecule has 3 rings (SSSR count). The average molecular weight is 319 g/mol. The standard InChI is InChI=1S/C16H22FN5O/c1-10-6-18-12(3)20-16(10)19-7-14-5-13(17)8-22(14)9-15-4-11(2)21-23-15/h4,6,13-14H,5,7-9H2,1-3H3,(H,18,19,20)/t13-,14-/m0/s1. The zero-order valence-corrected chi connectivity index (χ0v) is 13.7. The summed E-state index contributed by atoms with van der Waals surface area (Å²) in [5, 5.41) is 7.22. The number of anilines is 1. The van der Waals surface area contributed by atoms with Gasteiger partial charge >= 0.3 is 0 Å². The van der Waals surface area contributed by atoms with Gasteiger partial charge in [-0.25, -0.2) is 14.4 Å². The second-order valence-electron chi connectivity index (χ2n) is 6.18. The molecule has 23 heavy (non-hydrogen) atoms. The van der Waals surface area contributed by atoms with Crippen LogP contribution in [0.5, 0.6) is 0 Å². The molecule has 1 saturated heterocycles. The molecule has 1 N–H and O–H groups in total. The SMILES string of the molecule is Cc1cc(CN2C[C@@H](F)C[C@H]2CNc2nc(C)ncc2C)on1. The van der Waals surface area contributed by atoms with Crippen LogP contribution < -0.4 is 5.32 Å². The molecule has 7 heteroatoms. The first kappa shape index (κ1) is 15.9. The summed E-state index contributed by atoms with van der Waals surface area (Å²) in [6.45, 7) is 7.35. The molecule has 2 aromatic heterocycles. The molecule has 1 aliphatic rings. The van der Waals surface area contributed by atoms with E-state index in [0.29, 0.717) is 26.1 Å². The minimum Gasteiger partial charge on any atom is -0.368 e. The monoisotopic (exact) mass is 319 g/mol. The van der Waals surface area contributed by atoms with Gasteiger partial charge in [0.2, 0.25) is 0 Å². The largest absolute Gasteiger partial charge is 0.368 e. The van der Waals surface area contributed by atoms with E-state index in [0.717, 1.165) is 28.7 Å². The highest BCUT2D eigenvalue weighted by Gasteiger charge is 2.32. The fourth-order valence-corrected chi connectivity index (χ4v) is 2.94. The van der Waals surface area contributed by atoms with Crippen LogP contribution in [0.2, 0.25) is 0 Å². The van der Waals surface area contributed by atoms with Gasteiger partial charge in [0.1, 0.15) is 17.8 Å². The molecule has 1 fully saturated rings. The van der Waals surface area contributed by atoms with Crippen molar-refractivity contribution in [2.45, 2.75) is 46.0 Å². The van der Waals surface area contributed by atoms with Crippen molar-refractivity contribution < 1.29 is 8.91 Å². The number of halogens is 1. The van der Waals surface area contributed by atoms with Gasteiger partial charge in [-0.3, -0.25) is 4.90 Å². The van der Waals surface area contributed by atoms with Crippen molar-refractivity contribution in [3.8, 4) is 0 Å². The minimum absolute atomic E-state index is 0.102. The fourth-order valence-electron chi connectivity index (χ4n) is 2.94. The van der Waals surface area contributed by atoms with E-state index in [1.54, 1.807) is 6.20 Å². The number of nitrogens with one attached hydrogen (secondary N) is 1. The summed E-state index contributed by atoms with van der Waals surface area (Å²) in [6, 6.07) is 2.00. The van der Waals surface area contributed by atoms with Crippen LogP contribution in [0.15, 0.2) is 16.8 Å². The van der Waals surface area contributed by atoms with E-state index in [1.807, 2.05) is 26.8 Å². The molecular weight excluding hydrogens is 297 g/mol. The molecular formula is C16H22FN5O. The molecule has 0 spiro atoms. The number of hydrogen-bond donors (Lipinski definition) is 1. The molecule has 124 valence electrons. The Morgan fingerprint density at radius 2 is 2.22 bits per heavy atom. The molecule has 0 unspecified atom stereocenters. The Bertz CT molecular complexity index is 674. The van der Waals surface area contributed by atoms with Crippen LogP contribution in [0.25, 0.3) is 0 Å². The molecule has 2 atom stereocenters. The number of aromatic nitrogens is 3.